The van der Waals surface area contributed by atoms with Crippen LogP contribution < -0.4 is 0 Å². The second-order valence-electron chi connectivity index (χ2n) is 25.2. The summed E-state index contributed by atoms with van der Waals surface area (Å²) in [7, 11) is 0. The lowest BCUT2D eigenvalue weighted by Gasteiger charge is -2.70. The zero-order valence-electron chi connectivity index (χ0n) is 43.4. The molecule has 0 unspecified atom stereocenters. The Morgan fingerprint density at radius 2 is 1.44 bits per heavy atom. The third kappa shape index (κ3) is 9.46. The maximum Gasteiger partial charge on any atom is 0.308 e. The predicted molar refractivity (Wildman–Crippen MR) is 250 cm³/mol. The molecule has 4 saturated carbocycles. The SMILES string of the molecule is CC(C)=C[C@H]1C[C@](C)(O)[C@@H]2[C@H]3CC[C@@H]4[C@@]5(C)CC[C@H](O[C@@H]6OC[C@H](O)[C@H](O[C@@H]7O[C@H](COC(=O)C[C@@](C)(O)CC(=O)O)[C@@H](O)[C@H](O)[C@H]7O)[C@H]6O[C@@H]6O[C@@H](CO)[C@H](O)[C@H]6O)C(C)(C)[C@@H]5CC[C@@]4(C)[C@@]34CO[C@@]2(C4)O1. The largest absolute Gasteiger partial charge is 0.481 e. The first kappa shape index (κ1) is 55.7. The summed E-state index contributed by atoms with van der Waals surface area (Å²) in [6.07, 6.45) is -14.7. The van der Waals surface area contributed by atoms with Crippen LogP contribution in [0.25, 0.3) is 0 Å². The highest BCUT2D eigenvalue weighted by Gasteiger charge is 2.81. The number of carboxylic acid groups (broad SMARTS) is 1. The van der Waals surface area contributed by atoms with E-state index in [1.54, 1.807) is 0 Å². The van der Waals surface area contributed by atoms with E-state index in [1.165, 1.54) is 0 Å². The molecule has 0 amide bonds. The average Bonchev–Trinajstić information content (AvgIpc) is 3.90. The number of rotatable bonds is 14. The number of esters is 1. The van der Waals surface area contributed by atoms with Crippen LogP contribution in [0, 0.1) is 45.3 Å². The Morgan fingerprint density at radius 1 is 0.781 bits per heavy atom. The Balaban J connectivity index is 0.939. The number of hydrogen-bond acceptors (Lipinski definition) is 20. The maximum atomic E-state index is 12.6. The fourth-order valence-corrected chi connectivity index (χ4v) is 16.5. The third-order valence-corrected chi connectivity index (χ3v) is 19.7. The number of aliphatic carboxylic acids is 1. The number of aliphatic hydroxyl groups is 9. The van der Waals surface area contributed by atoms with Gasteiger partial charge in [-0.25, -0.2) is 0 Å². The minimum Gasteiger partial charge on any atom is -0.481 e. The fourth-order valence-electron chi connectivity index (χ4n) is 16.5. The molecule has 2 bridgehead atoms. The highest BCUT2D eigenvalue weighted by atomic mass is 16.8. The van der Waals surface area contributed by atoms with Gasteiger partial charge in [-0.1, -0.05) is 39.3 Å². The van der Waals surface area contributed by atoms with Gasteiger partial charge in [-0.2, -0.15) is 0 Å². The fraction of sp³-hybridized carbons (Fsp3) is 0.923. The summed E-state index contributed by atoms with van der Waals surface area (Å²) in [5.74, 6) is -2.64. The standard InChI is InChI=1S/C52H82O21/c1-24(2)15-25-16-50(8,64)42-26-9-10-31-48(6)13-12-32(46(3,4)30(48)11-14-49(31,7)51(26)22-52(42,73-25)67-23-51)70-45-41(72-43-38(61)35(58)28(19-53)68-43)40(27(54)20-66-45)71-44-39(62)37(60)36(59)29(69-44)21-65-34(57)18-47(5,63)17-33(55)56/h15,25-32,35-45,53-54,58-64H,9-14,16-23H2,1-8H3,(H,55,56)/t25-,26+,27-,28-,29+,30-,31+,32-,35-,36+,37-,38+,39+,40-,41+,42-,43-,44-,45-,47-,48-,49+,50-,51-,52-/m0/s1. The van der Waals surface area contributed by atoms with Crippen molar-refractivity contribution in [1.82, 2.24) is 0 Å². The van der Waals surface area contributed by atoms with Crippen molar-refractivity contribution in [2.24, 2.45) is 45.3 Å². The van der Waals surface area contributed by atoms with Crippen LogP contribution >= 0.6 is 0 Å². The molecule has 21 nitrogen and oxygen atoms in total. The van der Waals surface area contributed by atoms with E-state index in [0.717, 1.165) is 51.0 Å². The topological polar surface area (TPSA) is 320 Å². The lowest BCUT2D eigenvalue weighted by atomic mass is 9.35. The Kier molecular flexibility index (Phi) is 15.1. The van der Waals surface area contributed by atoms with E-state index in [2.05, 4.69) is 33.8 Å². The smallest absolute Gasteiger partial charge is 0.308 e. The summed E-state index contributed by atoms with van der Waals surface area (Å²) in [4.78, 5) is 23.8. The minimum absolute atomic E-state index is 0.110. The summed E-state index contributed by atoms with van der Waals surface area (Å²) < 4.78 is 56.3. The van der Waals surface area contributed by atoms with Gasteiger partial charge in [0.2, 0.25) is 0 Å². The second-order valence-corrected chi connectivity index (χ2v) is 25.2. The summed E-state index contributed by atoms with van der Waals surface area (Å²) in [6, 6.07) is 0. The third-order valence-electron chi connectivity index (χ3n) is 19.7. The van der Waals surface area contributed by atoms with Gasteiger partial charge in [0.05, 0.1) is 56.1 Å². The van der Waals surface area contributed by atoms with Gasteiger partial charge < -0.3 is 93.7 Å². The highest BCUT2D eigenvalue weighted by Crippen LogP contribution is 2.80. The van der Waals surface area contributed by atoms with Crippen LogP contribution in [0.3, 0.4) is 0 Å². The van der Waals surface area contributed by atoms with Crippen LogP contribution in [0.5, 0.6) is 0 Å². The van der Waals surface area contributed by atoms with Crippen LogP contribution in [-0.2, 0) is 52.2 Å². The van der Waals surface area contributed by atoms with E-state index < -0.39 is 146 Å². The monoisotopic (exact) mass is 1040 g/mol. The number of carbonyl (C=O) groups is 2. The van der Waals surface area contributed by atoms with Crippen LogP contribution in [0.15, 0.2) is 11.6 Å². The van der Waals surface area contributed by atoms with Crippen LogP contribution in [0.1, 0.15) is 120 Å². The Bertz CT molecular complexity index is 2060. The van der Waals surface area contributed by atoms with Crippen molar-refractivity contribution in [2.75, 3.05) is 26.4 Å². The minimum atomic E-state index is -1.96. The van der Waals surface area contributed by atoms with Crippen molar-refractivity contribution in [3.05, 3.63) is 11.6 Å². The molecule has 4 aliphatic carbocycles. The number of allylic oxidation sites excluding steroid dienone is 1. The summed E-state index contributed by atoms with van der Waals surface area (Å²) in [6.45, 7) is 15.3. The molecule has 0 aromatic heterocycles. The van der Waals surface area contributed by atoms with Crippen LogP contribution in [0.2, 0.25) is 0 Å². The van der Waals surface area contributed by atoms with E-state index in [1.807, 2.05) is 20.8 Å². The Hall–Kier alpha value is -2.00. The number of fused-ring (bicyclic) bond motifs is 4. The first-order chi connectivity index (χ1) is 34.0. The molecule has 416 valence electrons. The quantitative estimate of drug-likeness (QED) is 0.0653. The molecule has 0 aromatic carbocycles. The number of carboxylic acids is 1. The van der Waals surface area contributed by atoms with Crippen LogP contribution in [-0.4, -0.2) is 199 Å². The molecule has 25 atom stereocenters. The normalized spacial score (nSPS) is 51.7. The molecule has 9 rings (SSSR count). The van der Waals surface area contributed by atoms with Crippen molar-refractivity contribution >= 4 is 11.9 Å². The van der Waals surface area contributed by atoms with Gasteiger partial charge in [0.1, 0.15) is 67.6 Å². The van der Waals surface area contributed by atoms with Gasteiger partial charge in [0, 0.05) is 24.2 Å². The molecule has 0 aromatic rings. The van der Waals surface area contributed by atoms with Crippen molar-refractivity contribution in [1.29, 1.82) is 0 Å². The molecular formula is C52H82O21. The molecule has 5 heterocycles. The number of aliphatic hydroxyl groups excluding tert-OH is 7. The van der Waals surface area contributed by atoms with Crippen molar-refractivity contribution in [2.45, 2.75) is 229 Å². The van der Waals surface area contributed by atoms with Gasteiger partial charge in [0.25, 0.3) is 0 Å². The first-order valence-corrected chi connectivity index (χ1v) is 26.4. The molecule has 5 aliphatic heterocycles. The molecule has 2 spiro atoms. The van der Waals surface area contributed by atoms with Crippen molar-refractivity contribution < 1.29 is 103 Å². The summed E-state index contributed by atoms with van der Waals surface area (Å²) in [5.41, 5.74) is -2.69. The molecule has 0 radical (unpaired) electrons. The summed E-state index contributed by atoms with van der Waals surface area (Å²) in [5, 5.41) is 108. The van der Waals surface area contributed by atoms with E-state index in [9.17, 15) is 55.5 Å². The van der Waals surface area contributed by atoms with E-state index in [0.29, 0.717) is 25.4 Å². The molecule has 10 N–H and O–H groups in total. The van der Waals surface area contributed by atoms with Crippen LogP contribution in [0.4, 0.5) is 0 Å². The average molecular weight is 1040 g/mol. The molecule has 5 saturated heterocycles. The Labute approximate surface area is 426 Å². The number of hydrogen-bond donors (Lipinski definition) is 10. The number of ether oxygens (including phenoxy) is 9. The Morgan fingerprint density at radius 3 is 2.10 bits per heavy atom. The van der Waals surface area contributed by atoms with Gasteiger partial charge in [-0.3, -0.25) is 9.59 Å². The van der Waals surface area contributed by atoms with E-state index in [4.69, 9.17) is 47.7 Å². The molecule has 21 heteroatoms. The van der Waals surface area contributed by atoms with E-state index in [-0.39, 0.29) is 46.7 Å². The lowest BCUT2D eigenvalue weighted by molar-refractivity contribution is -0.375. The zero-order chi connectivity index (χ0) is 53.2. The zero-order valence-corrected chi connectivity index (χ0v) is 43.4. The van der Waals surface area contributed by atoms with Crippen molar-refractivity contribution in [3.8, 4) is 0 Å². The van der Waals surface area contributed by atoms with Gasteiger partial charge >= 0.3 is 11.9 Å². The maximum absolute atomic E-state index is 12.6. The molecule has 73 heavy (non-hydrogen) atoms. The molecular weight excluding hydrogens is 961 g/mol. The van der Waals surface area contributed by atoms with Gasteiger partial charge in [-0.15, -0.1) is 0 Å². The van der Waals surface area contributed by atoms with Gasteiger partial charge in [-0.05, 0) is 100 Å². The van der Waals surface area contributed by atoms with E-state index >= 15 is 0 Å². The molecule has 9 fully saturated rings. The summed E-state index contributed by atoms with van der Waals surface area (Å²) >= 11 is 0. The highest BCUT2D eigenvalue weighted by molar-refractivity contribution is 5.73. The van der Waals surface area contributed by atoms with Gasteiger partial charge in [0.15, 0.2) is 24.7 Å². The second kappa shape index (κ2) is 19.7. The molecule has 9 aliphatic rings. The predicted octanol–water partition coefficient (Wildman–Crippen LogP) is 0.773. The lowest BCUT2D eigenvalue weighted by Crippen LogP contribution is -2.67. The van der Waals surface area contributed by atoms with Crippen molar-refractivity contribution in [3.63, 3.8) is 0 Å². The number of carbonyl (C=O) groups excluding carboxylic acids is 1. The first-order valence-electron chi connectivity index (χ1n) is 26.4.